The topological polar surface area (TPSA) is 57.0 Å². The highest BCUT2D eigenvalue weighted by atomic mass is 15.0. The van der Waals surface area contributed by atoms with E-state index in [1.165, 1.54) is 11.1 Å². The van der Waals surface area contributed by atoms with Crippen molar-refractivity contribution in [2.24, 2.45) is 5.73 Å². The summed E-state index contributed by atoms with van der Waals surface area (Å²) in [6.07, 6.45) is 2.07. The fraction of sp³-hybridized carbons (Fsp3) is 0.125. The number of anilines is 1. The van der Waals surface area contributed by atoms with Crippen LogP contribution in [0.4, 0.5) is 5.69 Å². The molecule has 19 heavy (non-hydrogen) atoms. The Morgan fingerprint density at radius 2 is 1.95 bits per heavy atom. The van der Waals surface area contributed by atoms with Gasteiger partial charge in [0, 0.05) is 23.8 Å². The van der Waals surface area contributed by atoms with Gasteiger partial charge in [-0.05, 0) is 48.4 Å². The van der Waals surface area contributed by atoms with Crippen LogP contribution in [0.1, 0.15) is 11.1 Å². The second kappa shape index (κ2) is 4.44. The predicted octanol–water partition coefficient (Wildman–Crippen LogP) is 2.98. The van der Waals surface area contributed by atoms with Crippen molar-refractivity contribution in [3.8, 4) is 5.69 Å². The van der Waals surface area contributed by atoms with Crippen molar-refractivity contribution in [3.63, 3.8) is 0 Å². The Kier molecular flexibility index (Phi) is 2.76. The summed E-state index contributed by atoms with van der Waals surface area (Å²) >= 11 is 0. The van der Waals surface area contributed by atoms with E-state index in [4.69, 9.17) is 11.5 Å². The third kappa shape index (κ3) is 1.88. The van der Waals surface area contributed by atoms with Crippen LogP contribution in [0.2, 0.25) is 0 Å². The summed E-state index contributed by atoms with van der Waals surface area (Å²) in [5.74, 6) is 0. The van der Waals surface area contributed by atoms with E-state index in [9.17, 15) is 0 Å². The summed E-state index contributed by atoms with van der Waals surface area (Å²) in [6, 6.07) is 14.3. The van der Waals surface area contributed by atoms with E-state index in [1.807, 2.05) is 18.2 Å². The number of aromatic nitrogens is 1. The first-order chi connectivity index (χ1) is 9.20. The average Bonchev–Trinajstić information content (AvgIpc) is 2.81. The molecule has 0 unspecified atom stereocenters. The zero-order valence-corrected chi connectivity index (χ0v) is 10.9. The van der Waals surface area contributed by atoms with Crippen molar-refractivity contribution in [1.29, 1.82) is 0 Å². The first-order valence-corrected chi connectivity index (χ1v) is 6.36. The minimum atomic E-state index is 0.538. The van der Waals surface area contributed by atoms with Crippen LogP contribution in [0.5, 0.6) is 0 Å². The van der Waals surface area contributed by atoms with Gasteiger partial charge in [0.25, 0.3) is 0 Å². The molecule has 0 saturated heterocycles. The fourth-order valence-electron chi connectivity index (χ4n) is 2.55. The Hall–Kier alpha value is -2.26. The number of nitrogens with zero attached hydrogens (tertiary/aromatic N) is 1. The molecule has 0 aliphatic carbocycles. The fourth-order valence-corrected chi connectivity index (χ4v) is 2.55. The number of hydrogen-bond acceptors (Lipinski definition) is 2. The van der Waals surface area contributed by atoms with E-state index < -0.39 is 0 Å². The summed E-state index contributed by atoms with van der Waals surface area (Å²) in [5, 5.41) is 1.14. The molecule has 3 heteroatoms. The number of benzene rings is 2. The van der Waals surface area contributed by atoms with E-state index >= 15 is 0 Å². The van der Waals surface area contributed by atoms with Gasteiger partial charge in [-0.2, -0.15) is 0 Å². The molecule has 1 aromatic heterocycles. The zero-order chi connectivity index (χ0) is 13.4. The number of fused-ring (bicyclic) bond motifs is 1. The summed E-state index contributed by atoms with van der Waals surface area (Å²) in [4.78, 5) is 0. The van der Waals surface area contributed by atoms with Crippen LogP contribution in [0.3, 0.4) is 0 Å². The van der Waals surface area contributed by atoms with Gasteiger partial charge in [0.1, 0.15) is 0 Å². The molecule has 0 spiro atoms. The molecule has 0 saturated carbocycles. The second-order valence-corrected chi connectivity index (χ2v) is 4.78. The molecule has 0 aliphatic rings. The molecule has 3 nitrogen and oxygen atoms in total. The van der Waals surface area contributed by atoms with Gasteiger partial charge in [0.15, 0.2) is 0 Å². The van der Waals surface area contributed by atoms with Crippen molar-refractivity contribution in [1.82, 2.24) is 4.57 Å². The molecule has 0 radical (unpaired) electrons. The van der Waals surface area contributed by atoms with Gasteiger partial charge in [0.2, 0.25) is 0 Å². The van der Waals surface area contributed by atoms with Crippen LogP contribution in [-0.2, 0) is 6.54 Å². The molecule has 0 atom stereocenters. The van der Waals surface area contributed by atoms with Gasteiger partial charge in [-0.1, -0.05) is 12.1 Å². The lowest BCUT2D eigenvalue weighted by Crippen LogP contribution is -2.05. The first kappa shape index (κ1) is 11.8. The lowest BCUT2D eigenvalue weighted by atomic mass is 10.1. The number of nitrogens with two attached hydrogens (primary N) is 2. The molecule has 0 aliphatic heterocycles. The van der Waals surface area contributed by atoms with E-state index in [0.29, 0.717) is 6.54 Å². The Labute approximate surface area is 112 Å². The van der Waals surface area contributed by atoms with Crippen LogP contribution < -0.4 is 11.5 Å². The van der Waals surface area contributed by atoms with Gasteiger partial charge in [-0.3, -0.25) is 0 Å². The second-order valence-electron chi connectivity index (χ2n) is 4.78. The maximum Gasteiger partial charge on any atom is 0.0530 e. The molecule has 1 heterocycles. The van der Waals surface area contributed by atoms with Crippen LogP contribution in [0, 0.1) is 6.92 Å². The lowest BCUT2D eigenvalue weighted by Gasteiger charge is -2.13. The van der Waals surface area contributed by atoms with Crippen LogP contribution >= 0.6 is 0 Å². The Balaban J connectivity index is 2.28. The van der Waals surface area contributed by atoms with E-state index in [0.717, 1.165) is 22.3 Å². The summed E-state index contributed by atoms with van der Waals surface area (Å²) in [6.45, 7) is 2.63. The van der Waals surface area contributed by atoms with Crippen LogP contribution in [0.15, 0.2) is 48.7 Å². The Bertz CT molecular complexity index is 741. The Morgan fingerprint density at radius 3 is 2.74 bits per heavy atom. The maximum atomic E-state index is 5.89. The first-order valence-electron chi connectivity index (χ1n) is 6.36. The van der Waals surface area contributed by atoms with Crippen LogP contribution in [0.25, 0.3) is 16.6 Å². The summed E-state index contributed by atoms with van der Waals surface area (Å²) in [7, 11) is 0. The van der Waals surface area contributed by atoms with Gasteiger partial charge in [-0.15, -0.1) is 0 Å². The molecular weight excluding hydrogens is 234 g/mol. The molecule has 0 fully saturated rings. The van der Waals surface area contributed by atoms with E-state index in [2.05, 4.69) is 42.0 Å². The number of aryl methyl sites for hydroxylation is 1. The molecule has 96 valence electrons. The monoisotopic (exact) mass is 251 g/mol. The third-order valence-corrected chi connectivity index (χ3v) is 3.56. The largest absolute Gasteiger partial charge is 0.399 e. The minimum Gasteiger partial charge on any atom is -0.399 e. The molecular formula is C16H17N3. The highest BCUT2D eigenvalue weighted by Crippen LogP contribution is 2.25. The van der Waals surface area contributed by atoms with E-state index in [1.54, 1.807) is 0 Å². The van der Waals surface area contributed by atoms with Gasteiger partial charge in [0.05, 0.1) is 11.2 Å². The highest BCUT2D eigenvalue weighted by Gasteiger charge is 2.08. The third-order valence-electron chi connectivity index (χ3n) is 3.56. The minimum absolute atomic E-state index is 0.538. The number of hydrogen-bond donors (Lipinski definition) is 2. The summed E-state index contributed by atoms with van der Waals surface area (Å²) in [5.41, 5.74) is 17.2. The van der Waals surface area contributed by atoms with Gasteiger partial charge >= 0.3 is 0 Å². The molecule has 0 bridgehead atoms. The Morgan fingerprint density at radius 1 is 1.11 bits per heavy atom. The molecule has 3 aromatic rings. The van der Waals surface area contributed by atoms with Crippen LogP contribution in [-0.4, -0.2) is 4.57 Å². The predicted molar refractivity (Wildman–Crippen MR) is 80.3 cm³/mol. The molecule has 0 amide bonds. The van der Waals surface area contributed by atoms with Gasteiger partial charge in [-0.25, -0.2) is 0 Å². The molecule has 3 rings (SSSR count). The zero-order valence-electron chi connectivity index (χ0n) is 10.9. The van der Waals surface area contributed by atoms with Gasteiger partial charge < -0.3 is 16.0 Å². The highest BCUT2D eigenvalue weighted by molar-refractivity contribution is 5.85. The quantitative estimate of drug-likeness (QED) is 0.688. The number of rotatable bonds is 2. The smallest absolute Gasteiger partial charge is 0.0530 e. The lowest BCUT2D eigenvalue weighted by molar-refractivity contribution is 0.994. The van der Waals surface area contributed by atoms with Crippen molar-refractivity contribution >= 4 is 16.6 Å². The van der Waals surface area contributed by atoms with Crippen molar-refractivity contribution < 1.29 is 0 Å². The standard InChI is InChI=1S/C16H17N3/c1-11-3-2-4-16(14(11)10-17)19-8-7-12-9-13(18)5-6-15(12)19/h2-9H,10,17-18H2,1H3. The van der Waals surface area contributed by atoms with E-state index in [-0.39, 0.29) is 0 Å². The average molecular weight is 251 g/mol. The van der Waals surface area contributed by atoms with Crippen molar-refractivity contribution in [2.75, 3.05) is 5.73 Å². The maximum absolute atomic E-state index is 5.89. The summed E-state index contributed by atoms with van der Waals surface area (Å²) < 4.78 is 2.17. The molecule has 4 N–H and O–H groups in total. The molecule has 2 aromatic carbocycles. The van der Waals surface area contributed by atoms with Crippen molar-refractivity contribution in [3.05, 3.63) is 59.8 Å². The SMILES string of the molecule is Cc1cccc(-n2ccc3cc(N)ccc32)c1CN. The normalized spacial score (nSPS) is 11.1. The number of nitrogen functional groups attached to an aromatic ring is 1. The van der Waals surface area contributed by atoms with Crippen molar-refractivity contribution in [2.45, 2.75) is 13.5 Å².